The van der Waals surface area contributed by atoms with Gasteiger partial charge in [0.15, 0.2) is 0 Å². The van der Waals surface area contributed by atoms with Gasteiger partial charge in [0.1, 0.15) is 6.54 Å². The van der Waals surface area contributed by atoms with E-state index in [1.165, 1.54) is 0 Å². The zero-order valence-corrected chi connectivity index (χ0v) is 10.5. The van der Waals surface area contributed by atoms with Gasteiger partial charge in [-0.1, -0.05) is 6.92 Å². The smallest absolute Gasteiger partial charge is 0.325 e. The van der Waals surface area contributed by atoms with E-state index in [1.807, 2.05) is 0 Å². The van der Waals surface area contributed by atoms with Gasteiger partial charge in [0, 0.05) is 17.8 Å². The minimum atomic E-state index is -0.343. The van der Waals surface area contributed by atoms with Crippen molar-refractivity contribution in [3.63, 3.8) is 0 Å². The molecule has 1 aliphatic rings. The van der Waals surface area contributed by atoms with Crippen LogP contribution in [-0.4, -0.2) is 41.8 Å². The molecule has 0 saturated heterocycles. The molecule has 0 heterocycles. The molecule has 1 aliphatic carbocycles. The molecule has 1 saturated carbocycles. The van der Waals surface area contributed by atoms with Gasteiger partial charge >= 0.3 is 5.97 Å². The maximum Gasteiger partial charge on any atom is 0.325 e. The highest BCUT2D eigenvalue weighted by atomic mass is 35.5. The average Bonchev–Trinajstić information content (AvgIpc) is 3.08. The van der Waals surface area contributed by atoms with Crippen molar-refractivity contribution in [1.29, 1.82) is 0 Å². The first-order valence-electron chi connectivity index (χ1n) is 5.62. The van der Waals surface area contributed by atoms with Crippen LogP contribution in [0.15, 0.2) is 0 Å². The van der Waals surface area contributed by atoms with Crippen LogP contribution in [-0.2, 0) is 14.3 Å². The number of carbonyl (C=O) groups is 2. The number of alkyl halides is 1. The number of halogens is 1. The van der Waals surface area contributed by atoms with E-state index in [2.05, 4.69) is 0 Å². The van der Waals surface area contributed by atoms with Crippen molar-refractivity contribution in [3.8, 4) is 0 Å². The second-order valence-corrected chi connectivity index (χ2v) is 4.37. The second kappa shape index (κ2) is 6.09. The molecule has 0 aliphatic heterocycles. The monoisotopic (exact) mass is 247 g/mol. The van der Waals surface area contributed by atoms with Crippen LogP contribution >= 0.6 is 11.6 Å². The summed E-state index contributed by atoms with van der Waals surface area (Å²) in [6.45, 7) is 3.92. The Morgan fingerprint density at radius 3 is 2.56 bits per heavy atom. The zero-order valence-electron chi connectivity index (χ0n) is 9.74. The summed E-state index contributed by atoms with van der Waals surface area (Å²) in [6, 6.07) is 0.211. The van der Waals surface area contributed by atoms with E-state index in [-0.39, 0.29) is 36.3 Å². The Kier molecular flexibility index (Phi) is 5.06. The Balaban J connectivity index is 2.53. The fraction of sp³-hybridized carbons (Fsp3) is 0.818. The van der Waals surface area contributed by atoms with Gasteiger partial charge in [-0.3, -0.25) is 9.59 Å². The maximum absolute atomic E-state index is 11.9. The lowest BCUT2D eigenvalue weighted by Gasteiger charge is -2.23. The van der Waals surface area contributed by atoms with Gasteiger partial charge in [-0.25, -0.2) is 0 Å². The van der Waals surface area contributed by atoms with E-state index in [4.69, 9.17) is 16.3 Å². The topological polar surface area (TPSA) is 46.6 Å². The van der Waals surface area contributed by atoms with Gasteiger partial charge in [0.05, 0.1) is 6.61 Å². The number of carbonyl (C=O) groups excluding carboxylic acids is 2. The summed E-state index contributed by atoms with van der Waals surface area (Å²) in [6.07, 6.45) is 1.94. The minimum Gasteiger partial charge on any atom is -0.465 e. The highest BCUT2D eigenvalue weighted by Crippen LogP contribution is 2.28. The third-order valence-electron chi connectivity index (χ3n) is 2.53. The second-order valence-electron chi connectivity index (χ2n) is 4.06. The van der Waals surface area contributed by atoms with Crippen LogP contribution in [0.4, 0.5) is 0 Å². The molecule has 92 valence electrons. The first-order valence-corrected chi connectivity index (χ1v) is 6.15. The predicted molar refractivity (Wildman–Crippen MR) is 61.3 cm³/mol. The van der Waals surface area contributed by atoms with Crippen molar-refractivity contribution in [3.05, 3.63) is 0 Å². The Labute approximate surface area is 101 Å². The third kappa shape index (κ3) is 3.67. The Morgan fingerprint density at radius 2 is 2.12 bits per heavy atom. The van der Waals surface area contributed by atoms with Crippen LogP contribution < -0.4 is 0 Å². The number of amides is 1. The lowest BCUT2D eigenvalue weighted by atomic mass is 10.2. The largest absolute Gasteiger partial charge is 0.465 e. The van der Waals surface area contributed by atoms with E-state index >= 15 is 0 Å². The lowest BCUT2D eigenvalue weighted by molar-refractivity contribution is -0.150. The van der Waals surface area contributed by atoms with E-state index in [1.54, 1.807) is 18.7 Å². The first kappa shape index (κ1) is 13.3. The average molecular weight is 248 g/mol. The predicted octanol–water partition coefficient (Wildman–Crippen LogP) is 1.42. The maximum atomic E-state index is 11.9. The SMILES string of the molecule is CCOC(=O)CN(C(=O)C(C)CCl)C1CC1. The molecule has 1 amide bonds. The van der Waals surface area contributed by atoms with Crippen molar-refractivity contribution in [2.75, 3.05) is 19.0 Å². The van der Waals surface area contributed by atoms with Crippen molar-refractivity contribution in [2.45, 2.75) is 32.7 Å². The Morgan fingerprint density at radius 1 is 1.50 bits per heavy atom. The summed E-state index contributed by atoms with van der Waals surface area (Å²) in [7, 11) is 0. The van der Waals surface area contributed by atoms with Crippen LogP contribution in [0.3, 0.4) is 0 Å². The van der Waals surface area contributed by atoms with Crippen LogP contribution in [0, 0.1) is 5.92 Å². The summed E-state index contributed by atoms with van der Waals surface area (Å²) in [5, 5.41) is 0. The summed E-state index contributed by atoms with van der Waals surface area (Å²) < 4.78 is 4.85. The summed E-state index contributed by atoms with van der Waals surface area (Å²) in [5.41, 5.74) is 0. The molecule has 1 rings (SSSR count). The fourth-order valence-electron chi connectivity index (χ4n) is 1.47. The zero-order chi connectivity index (χ0) is 12.1. The normalized spacial score (nSPS) is 16.7. The minimum absolute atomic E-state index is 0.0504. The molecular weight excluding hydrogens is 230 g/mol. The molecule has 1 unspecified atom stereocenters. The molecule has 1 fully saturated rings. The number of ether oxygens (including phenoxy) is 1. The quantitative estimate of drug-likeness (QED) is 0.527. The molecule has 4 nitrogen and oxygen atoms in total. The highest BCUT2D eigenvalue weighted by molar-refractivity contribution is 6.19. The van der Waals surface area contributed by atoms with Crippen LogP contribution in [0.5, 0.6) is 0 Å². The molecule has 1 atom stereocenters. The molecule has 0 N–H and O–H groups in total. The van der Waals surface area contributed by atoms with Gasteiger partial charge in [0.25, 0.3) is 0 Å². The molecule has 0 spiro atoms. The van der Waals surface area contributed by atoms with Gasteiger partial charge in [-0.2, -0.15) is 0 Å². The fourth-order valence-corrected chi connectivity index (χ4v) is 1.60. The van der Waals surface area contributed by atoms with Crippen molar-refractivity contribution >= 4 is 23.5 Å². The van der Waals surface area contributed by atoms with E-state index in [9.17, 15) is 9.59 Å². The number of hydrogen-bond donors (Lipinski definition) is 0. The summed E-state index contributed by atoms with van der Waals surface area (Å²) >= 11 is 5.65. The van der Waals surface area contributed by atoms with E-state index < -0.39 is 0 Å². The molecule has 0 radical (unpaired) electrons. The van der Waals surface area contributed by atoms with Crippen molar-refractivity contribution in [2.24, 2.45) is 5.92 Å². The molecule has 0 aromatic rings. The number of rotatable bonds is 6. The van der Waals surface area contributed by atoms with E-state index in [0.717, 1.165) is 12.8 Å². The Hall–Kier alpha value is -0.770. The molecule has 5 heteroatoms. The molecule has 16 heavy (non-hydrogen) atoms. The molecule has 0 bridgehead atoms. The van der Waals surface area contributed by atoms with Crippen molar-refractivity contribution < 1.29 is 14.3 Å². The molecule has 0 aromatic heterocycles. The van der Waals surface area contributed by atoms with Gasteiger partial charge < -0.3 is 9.64 Å². The number of hydrogen-bond acceptors (Lipinski definition) is 3. The van der Waals surface area contributed by atoms with Gasteiger partial charge in [0.2, 0.25) is 5.91 Å². The number of esters is 1. The van der Waals surface area contributed by atoms with Crippen LogP contribution in [0.25, 0.3) is 0 Å². The standard InChI is InChI=1S/C11H18ClNO3/c1-3-16-10(14)7-13(9-4-5-9)11(15)8(2)6-12/h8-9H,3-7H2,1-2H3. The third-order valence-corrected chi connectivity index (χ3v) is 2.99. The Bertz CT molecular complexity index is 266. The van der Waals surface area contributed by atoms with Gasteiger partial charge in [-0.05, 0) is 19.8 Å². The molecular formula is C11H18ClNO3. The van der Waals surface area contributed by atoms with Crippen LogP contribution in [0.1, 0.15) is 26.7 Å². The highest BCUT2D eigenvalue weighted by Gasteiger charge is 2.35. The van der Waals surface area contributed by atoms with E-state index in [0.29, 0.717) is 6.61 Å². The summed E-state index contributed by atoms with van der Waals surface area (Å²) in [4.78, 5) is 24.9. The molecule has 0 aromatic carbocycles. The van der Waals surface area contributed by atoms with Gasteiger partial charge in [-0.15, -0.1) is 11.6 Å². The lowest BCUT2D eigenvalue weighted by Crippen LogP contribution is -2.41. The summed E-state index contributed by atoms with van der Waals surface area (Å²) in [5.74, 6) is -0.350. The number of nitrogens with zero attached hydrogens (tertiary/aromatic N) is 1. The van der Waals surface area contributed by atoms with Crippen LogP contribution in [0.2, 0.25) is 0 Å². The van der Waals surface area contributed by atoms with Crippen molar-refractivity contribution in [1.82, 2.24) is 4.90 Å². The first-order chi connectivity index (χ1) is 7.60.